The predicted molar refractivity (Wildman–Crippen MR) is 148 cm³/mol. The van der Waals surface area contributed by atoms with Crippen LogP contribution in [0.4, 0.5) is 10.1 Å². The summed E-state index contributed by atoms with van der Waals surface area (Å²) in [7, 11) is -4.24. The van der Waals surface area contributed by atoms with Crippen molar-refractivity contribution in [1.82, 2.24) is 9.99 Å². The number of para-hydroxylation sites is 1. The van der Waals surface area contributed by atoms with E-state index in [4.69, 9.17) is 23.2 Å². The number of hydrogen-bond donors (Lipinski definition) is 1. The van der Waals surface area contributed by atoms with Crippen LogP contribution in [0, 0.1) is 19.7 Å². The first-order valence-electron chi connectivity index (χ1n) is 11.4. The van der Waals surface area contributed by atoms with E-state index in [0.29, 0.717) is 21.3 Å². The van der Waals surface area contributed by atoms with Crippen molar-refractivity contribution in [3.8, 4) is 5.69 Å². The van der Waals surface area contributed by atoms with E-state index in [-0.39, 0.29) is 10.6 Å². The number of aromatic nitrogens is 1. The number of benzene rings is 3. The molecule has 0 aliphatic rings. The monoisotopic (exact) mass is 572 g/mol. The molecule has 196 valence electrons. The van der Waals surface area contributed by atoms with Crippen molar-refractivity contribution in [3.63, 3.8) is 0 Å². The highest BCUT2D eigenvalue weighted by molar-refractivity contribution is 7.92. The van der Waals surface area contributed by atoms with Gasteiger partial charge in [-0.05, 0) is 62.4 Å². The Kier molecular flexibility index (Phi) is 8.20. The summed E-state index contributed by atoms with van der Waals surface area (Å²) in [6, 6.07) is 19.8. The van der Waals surface area contributed by atoms with E-state index in [1.807, 2.05) is 24.5 Å². The average molecular weight is 573 g/mol. The van der Waals surface area contributed by atoms with Crippen LogP contribution >= 0.6 is 23.2 Å². The Bertz CT molecular complexity index is 1620. The second-order valence-electron chi connectivity index (χ2n) is 8.33. The highest BCUT2D eigenvalue weighted by Gasteiger charge is 2.29. The fraction of sp³-hybridized carbons (Fsp3) is 0.111. The van der Waals surface area contributed by atoms with Gasteiger partial charge in [-0.3, -0.25) is 9.10 Å². The Balaban J connectivity index is 1.57. The Morgan fingerprint density at radius 1 is 1.03 bits per heavy atom. The molecule has 0 bridgehead atoms. The van der Waals surface area contributed by atoms with E-state index in [1.54, 1.807) is 36.4 Å². The number of rotatable bonds is 8. The second-order valence-corrected chi connectivity index (χ2v) is 11.0. The molecule has 4 aromatic rings. The van der Waals surface area contributed by atoms with Crippen LogP contribution in [-0.4, -0.2) is 31.7 Å². The largest absolute Gasteiger partial charge is 0.316 e. The average Bonchev–Trinajstić information content (AvgIpc) is 3.17. The van der Waals surface area contributed by atoms with Gasteiger partial charge < -0.3 is 4.57 Å². The molecular formula is C27H23Cl2FN4O3S. The molecule has 1 heterocycles. The van der Waals surface area contributed by atoms with Crippen LogP contribution < -0.4 is 9.73 Å². The third-order valence-electron chi connectivity index (χ3n) is 5.75. The topological polar surface area (TPSA) is 83.8 Å². The minimum Gasteiger partial charge on any atom is -0.316 e. The minimum atomic E-state index is -4.24. The highest BCUT2D eigenvalue weighted by Crippen LogP contribution is 2.29. The molecular weight excluding hydrogens is 550 g/mol. The molecule has 1 aromatic heterocycles. The van der Waals surface area contributed by atoms with Gasteiger partial charge >= 0.3 is 0 Å². The maximum atomic E-state index is 14.6. The van der Waals surface area contributed by atoms with Crippen molar-refractivity contribution in [2.24, 2.45) is 5.10 Å². The zero-order chi connectivity index (χ0) is 27.4. The van der Waals surface area contributed by atoms with Gasteiger partial charge in [0.05, 0.1) is 27.5 Å². The van der Waals surface area contributed by atoms with Crippen molar-refractivity contribution in [2.75, 3.05) is 10.8 Å². The highest BCUT2D eigenvalue weighted by atomic mass is 35.5. The van der Waals surface area contributed by atoms with Crippen LogP contribution in [0.1, 0.15) is 17.0 Å². The number of nitrogens with one attached hydrogen (secondary N) is 1. The van der Waals surface area contributed by atoms with E-state index in [2.05, 4.69) is 10.5 Å². The molecule has 0 spiro atoms. The van der Waals surface area contributed by atoms with Crippen LogP contribution in [-0.2, 0) is 14.8 Å². The van der Waals surface area contributed by atoms with Gasteiger partial charge in [0.1, 0.15) is 12.4 Å². The van der Waals surface area contributed by atoms with Crippen molar-refractivity contribution in [3.05, 3.63) is 112 Å². The minimum absolute atomic E-state index is 0.0772. The predicted octanol–water partition coefficient (Wildman–Crippen LogP) is 5.89. The number of aryl methyl sites for hydroxylation is 1. The van der Waals surface area contributed by atoms with Crippen LogP contribution in [0.3, 0.4) is 0 Å². The summed E-state index contributed by atoms with van der Waals surface area (Å²) in [5, 5.41) is 5.05. The van der Waals surface area contributed by atoms with Crippen LogP contribution in [0.25, 0.3) is 5.69 Å². The van der Waals surface area contributed by atoms with Crippen molar-refractivity contribution in [1.29, 1.82) is 0 Å². The summed E-state index contributed by atoms with van der Waals surface area (Å²) >= 11 is 12.5. The lowest BCUT2D eigenvalue weighted by Crippen LogP contribution is -2.40. The quantitative estimate of drug-likeness (QED) is 0.211. The summed E-state index contributed by atoms with van der Waals surface area (Å²) in [6.45, 7) is 3.06. The third kappa shape index (κ3) is 5.75. The lowest BCUT2D eigenvalue weighted by molar-refractivity contribution is -0.119. The number of hydrazone groups is 1. The number of carbonyl (C=O) groups excluding carboxylic acids is 1. The number of hydrogen-bond acceptors (Lipinski definition) is 4. The summed E-state index contributed by atoms with van der Waals surface area (Å²) in [6.07, 6.45) is 1.44. The molecule has 3 aromatic carbocycles. The van der Waals surface area contributed by atoms with E-state index in [9.17, 15) is 17.6 Å². The third-order valence-corrected chi connectivity index (χ3v) is 8.08. The van der Waals surface area contributed by atoms with Gasteiger partial charge in [0.2, 0.25) is 0 Å². The number of nitrogens with zero attached hydrogens (tertiary/aromatic N) is 3. The molecule has 4 rings (SSSR count). The molecule has 1 N–H and O–H groups in total. The number of amides is 1. The first-order chi connectivity index (χ1) is 18.1. The van der Waals surface area contributed by atoms with Gasteiger partial charge in [-0.25, -0.2) is 18.2 Å². The molecule has 0 aliphatic carbocycles. The molecule has 0 saturated carbocycles. The molecule has 0 aliphatic heterocycles. The summed E-state index contributed by atoms with van der Waals surface area (Å²) < 4.78 is 43.8. The van der Waals surface area contributed by atoms with Gasteiger partial charge in [-0.1, -0.05) is 53.5 Å². The first kappa shape index (κ1) is 27.4. The summed E-state index contributed by atoms with van der Waals surface area (Å²) in [5.41, 5.74) is 5.13. The number of carbonyl (C=O) groups is 1. The zero-order valence-corrected chi connectivity index (χ0v) is 22.7. The summed E-state index contributed by atoms with van der Waals surface area (Å²) in [4.78, 5) is 12.7. The first-order valence-corrected chi connectivity index (χ1v) is 13.6. The molecule has 1 amide bonds. The Morgan fingerprint density at radius 3 is 2.42 bits per heavy atom. The van der Waals surface area contributed by atoms with Gasteiger partial charge in [0.15, 0.2) is 0 Å². The molecule has 38 heavy (non-hydrogen) atoms. The lowest BCUT2D eigenvalue weighted by Gasteiger charge is -2.24. The van der Waals surface area contributed by atoms with Crippen LogP contribution in [0.2, 0.25) is 10.0 Å². The maximum Gasteiger partial charge on any atom is 0.264 e. The fourth-order valence-electron chi connectivity index (χ4n) is 3.96. The molecule has 0 radical (unpaired) electrons. The lowest BCUT2D eigenvalue weighted by atomic mass is 10.2. The summed E-state index contributed by atoms with van der Waals surface area (Å²) in [5.74, 6) is -1.54. The Hall–Kier alpha value is -3.66. The van der Waals surface area contributed by atoms with Gasteiger partial charge in [0.25, 0.3) is 15.9 Å². The Labute approximate surface area is 230 Å². The van der Waals surface area contributed by atoms with Crippen LogP contribution in [0.5, 0.6) is 0 Å². The van der Waals surface area contributed by atoms with E-state index < -0.39 is 28.3 Å². The number of anilines is 1. The molecule has 11 heteroatoms. The number of sulfonamides is 1. The SMILES string of the molecule is Cc1cc(/C=N\NC(=O)CN(c2ccccc2F)S(=O)(=O)c2ccccc2)c(C)n1-c1cc(Cl)ccc1Cl. The van der Waals surface area contributed by atoms with E-state index in [1.165, 1.54) is 36.5 Å². The van der Waals surface area contributed by atoms with Crippen molar-refractivity contribution in [2.45, 2.75) is 18.7 Å². The standard InChI is InChI=1S/C27H23Cl2FN4O3S/c1-18-14-20(19(2)34(18)26-15-21(28)12-13-23(26)29)16-31-32-27(35)17-33(25-11-7-6-10-24(25)30)38(36,37)22-8-4-3-5-9-22/h3-16H,17H2,1-2H3,(H,32,35)/b31-16-. The number of halogens is 3. The second kappa shape index (κ2) is 11.4. The molecule has 0 unspecified atom stereocenters. The van der Waals surface area contributed by atoms with Crippen molar-refractivity contribution >= 4 is 51.0 Å². The molecule has 0 atom stereocenters. The van der Waals surface area contributed by atoms with E-state index >= 15 is 0 Å². The Morgan fingerprint density at radius 2 is 1.71 bits per heavy atom. The molecule has 0 saturated heterocycles. The van der Waals surface area contributed by atoms with Gasteiger partial charge in [-0.15, -0.1) is 0 Å². The normalized spacial score (nSPS) is 11.6. The zero-order valence-electron chi connectivity index (χ0n) is 20.4. The maximum absolute atomic E-state index is 14.6. The van der Waals surface area contributed by atoms with Crippen LogP contribution in [0.15, 0.2) is 88.9 Å². The van der Waals surface area contributed by atoms with Gasteiger partial charge in [-0.2, -0.15) is 5.10 Å². The fourth-order valence-corrected chi connectivity index (χ4v) is 5.78. The molecule has 7 nitrogen and oxygen atoms in total. The smallest absolute Gasteiger partial charge is 0.264 e. The van der Waals surface area contributed by atoms with E-state index in [0.717, 1.165) is 21.8 Å². The van der Waals surface area contributed by atoms with Crippen molar-refractivity contribution < 1.29 is 17.6 Å². The van der Waals surface area contributed by atoms with Gasteiger partial charge in [0, 0.05) is 22.0 Å². The molecule has 0 fully saturated rings.